The van der Waals surface area contributed by atoms with Gasteiger partial charge in [0.15, 0.2) is 0 Å². The summed E-state index contributed by atoms with van der Waals surface area (Å²) in [6.07, 6.45) is 5.03. The Balaban J connectivity index is 2.40. The topological polar surface area (TPSA) is 32.8 Å². The third kappa shape index (κ3) is 4.91. The van der Waals surface area contributed by atoms with Crippen LogP contribution in [0, 0.1) is 5.92 Å². The van der Waals surface area contributed by atoms with Gasteiger partial charge in [-0.15, -0.1) is 0 Å². The van der Waals surface area contributed by atoms with Gasteiger partial charge in [0.25, 0.3) is 0 Å². The van der Waals surface area contributed by atoms with E-state index in [1.54, 1.807) is 6.92 Å². The van der Waals surface area contributed by atoms with Gasteiger partial charge in [-0.25, -0.2) is 0 Å². The van der Waals surface area contributed by atoms with Crippen molar-refractivity contribution in [2.45, 2.75) is 111 Å². The van der Waals surface area contributed by atoms with Gasteiger partial charge >= 0.3 is 0 Å². The van der Waals surface area contributed by atoms with Crippen LogP contribution >= 0.6 is 0 Å². The first kappa shape index (κ1) is 24.9. The molecule has 4 heteroatoms. The molecule has 1 aliphatic heterocycles. The maximum Gasteiger partial charge on any atom is 0.219 e. The minimum absolute atomic E-state index is 0.0179. The Kier molecular flexibility index (Phi) is 8.52. The van der Waals surface area contributed by atoms with E-state index in [1.807, 2.05) is 6.07 Å². The Morgan fingerprint density at radius 1 is 1.20 bits per heavy atom. The normalized spacial score (nSPS) is 30.8. The molecule has 1 aromatic carbocycles. The highest BCUT2D eigenvalue weighted by atomic mass is 16.7. The SMILES string of the molecule is CCCCN(C(C)=O)C1CC(C)(CC)N(OC(C)c2ccccc2)C(C)(CC)C1C. The lowest BCUT2D eigenvalue weighted by molar-refractivity contribution is -0.331. The van der Waals surface area contributed by atoms with E-state index in [-0.39, 0.29) is 29.1 Å². The molecule has 5 atom stereocenters. The Labute approximate surface area is 184 Å². The summed E-state index contributed by atoms with van der Waals surface area (Å²) in [5.41, 5.74) is 0.902. The fourth-order valence-corrected chi connectivity index (χ4v) is 5.14. The number of piperidine rings is 1. The summed E-state index contributed by atoms with van der Waals surface area (Å²) < 4.78 is 0. The van der Waals surface area contributed by atoms with Crippen molar-refractivity contribution in [2.75, 3.05) is 6.54 Å². The maximum atomic E-state index is 12.6. The van der Waals surface area contributed by atoms with Gasteiger partial charge in [-0.05, 0) is 57.9 Å². The molecule has 0 aliphatic carbocycles. The van der Waals surface area contributed by atoms with Crippen molar-refractivity contribution >= 4 is 5.91 Å². The van der Waals surface area contributed by atoms with Crippen LogP contribution in [0.1, 0.15) is 99.2 Å². The van der Waals surface area contributed by atoms with Crippen molar-refractivity contribution < 1.29 is 9.63 Å². The molecule has 0 saturated carbocycles. The molecule has 1 aliphatic rings. The number of carbonyl (C=O) groups is 1. The van der Waals surface area contributed by atoms with E-state index in [0.29, 0.717) is 5.92 Å². The fraction of sp³-hybridized carbons (Fsp3) is 0.731. The number of carbonyl (C=O) groups excluding carboxylic acids is 1. The number of benzene rings is 1. The van der Waals surface area contributed by atoms with Gasteiger partial charge in [0.1, 0.15) is 6.10 Å². The number of nitrogens with zero attached hydrogens (tertiary/aromatic N) is 2. The number of hydrogen-bond acceptors (Lipinski definition) is 3. The van der Waals surface area contributed by atoms with Crippen LogP contribution in [0.5, 0.6) is 0 Å². The molecular formula is C26H44N2O2. The Hall–Kier alpha value is -1.39. The molecule has 30 heavy (non-hydrogen) atoms. The smallest absolute Gasteiger partial charge is 0.219 e. The lowest BCUT2D eigenvalue weighted by Gasteiger charge is -2.61. The average Bonchev–Trinajstić information content (AvgIpc) is 2.75. The molecule has 0 N–H and O–H groups in total. The van der Waals surface area contributed by atoms with E-state index in [0.717, 1.165) is 38.6 Å². The summed E-state index contributed by atoms with van der Waals surface area (Å²) >= 11 is 0. The zero-order valence-corrected chi connectivity index (χ0v) is 20.6. The maximum absolute atomic E-state index is 12.6. The van der Waals surface area contributed by atoms with Gasteiger partial charge in [0.05, 0.1) is 0 Å². The molecule has 2 rings (SSSR count). The summed E-state index contributed by atoms with van der Waals surface area (Å²) in [6.45, 7) is 18.4. The number of unbranched alkanes of at least 4 members (excludes halogenated alkanes) is 1. The van der Waals surface area contributed by atoms with Crippen molar-refractivity contribution in [1.29, 1.82) is 0 Å². The summed E-state index contributed by atoms with van der Waals surface area (Å²) in [7, 11) is 0. The van der Waals surface area contributed by atoms with E-state index in [4.69, 9.17) is 4.84 Å². The van der Waals surface area contributed by atoms with Crippen LogP contribution in [0.25, 0.3) is 0 Å². The van der Waals surface area contributed by atoms with E-state index in [2.05, 4.69) is 82.7 Å². The van der Waals surface area contributed by atoms with Crippen molar-refractivity contribution in [3.63, 3.8) is 0 Å². The van der Waals surface area contributed by atoms with Crippen LogP contribution < -0.4 is 0 Å². The van der Waals surface area contributed by atoms with E-state index < -0.39 is 0 Å². The third-order valence-corrected chi connectivity index (χ3v) is 7.73. The summed E-state index contributed by atoms with van der Waals surface area (Å²) in [5.74, 6) is 0.509. The van der Waals surface area contributed by atoms with Crippen LogP contribution in [0.3, 0.4) is 0 Å². The predicted octanol–water partition coefficient (Wildman–Crippen LogP) is 6.38. The van der Waals surface area contributed by atoms with Gasteiger partial charge in [0.2, 0.25) is 5.91 Å². The highest BCUT2D eigenvalue weighted by Gasteiger charge is 2.55. The lowest BCUT2D eigenvalue weighted by atomic mass is 9.67. The molecule has 5 unspecified atom stereocenters. The minimum Gasteiger partial charge on any atom is -0.340 e. The first-order chi connectivity index (χ1) is 14.1. The van der Waals surface area contributed by atoms with Crippen LogP contribution in [0.2, 0.25) is 0 Å². The van der Waals surface area contributed by atoms with Gasteiger partial charge in [-0.2, -0.15) is 5.06 Å². The summed E-state index contributed by atoms with van der Waals surface area (Å²) in [4.78, 5) is 21.5. The van der Waals surface area contributed by atoms with Gasteiger partial charge < -0.3 is 4.90 Å². The number of hydroxylamine groups is 2. The van der Waals surface area contributed by atoms with Crippen molar-refractivity contribution in [1.82, 2.24) is 9.96 Å². The second-order valence-corrected chi connectivity index (χ2v) is 9.64. The van der Waals surface area contributed by atoms with Gasteiger partial charge in [-0.3, -0.25) is 9.63 Å². The molecule has 0 bridgehead atoms. The molecule has 0 aromatic heterocycles. The predicted molar refractivity (Wildman–Crippen MR) is 125 cm³/mol. The molecule has 1 amide bonds. The Morgan fingerprint density at radius 3 is 2.33 bits per heavy atom. The molecule has 0 radical (unpaired) electrons. The highest BCUT2D eigenvalue weighted by Crippen LogP contribution is 2.48. The number of amides is 1. The van der Waals surface area contributed by atoms with Crippen LogP contribution in [-0.4, -0.2) is 39.5 Å². The number of rotatable bonds is 9. The highest BCUT2D eigenvalue weighted by molar-refractivity contribution is 5.73. The Bertz CT molecular complexity index is 679. The van der Waals surface area contributed by atoms with Crippen molar-refractivity contribution in [3.05, 3.63) is 35.9 Å². The molecule has 1 heterocycles. The summed E-state index contributed by atoms with van der Waals surface area (Å²) in [6, 6.07) is 10.7. The van der Waals surface area contributed by atoms with E-state index in [1.165, 1.54) is 5.56 Å². The van der Waals surface area contributed by atoms with Crippen LogP contribution in [-0.2, 0) is 9.63 Å². The number of hydrogen-bond donors (Lipinski definition) is 0. The third-order valence-electron chi connectivity index (χ3n) is 7.73. The quantitative estimate of drug-likeness (QED) is 0.468. The molecule has 1 saturated heterocycles. The summed E-state index contributed by atoms with van der Waals surface area (Å²) in [5, 5.41) is 2.32. The molecule has 0 spiro atoms. The van der Waals surface area contributed by atoms with E-state index in [9.17, 15) is 4.79 Å². The van der Waals surface area contributed by atoms with Crippen LogP contribution in [0.4, 0.5) is 0 Å². The molecule has 1 aromatic rings. The first-order valence-electron chi connectivity index (χ1n) is 11.9. The largest absolute Gasteiger partial charge is 0.340 e. The fourth-order valence-electron chi connectivity index (χ4n) is 5.14. The van der Waals surface area contributed by atoms with Gasteiger partial charge in [0, 0.05) is 30.6 Å². The Morgan fingerprint density at radius 2 is 1.83 bits per heavy atom. The molecule has 1 fully saturated rings. The van der Waals surface area contributed by atoms with E-state index >= 15 is 0 Å². The molecule has 170 valence electrons. The monoisotopic (exact) mass is 416 g/mol. The zero-order valence-electron chi connectivity index (χ0n) is 20.6. The van der Waals surface area contributed by atoms with Crippen LogP contribution in [0.15, 0.2) is 30.3 Å². The first-order valence-corrected chi connectivity index (χ1v) is 11.9. The zero-order chi connectivity index (χ0) is 22.5. The molecular weight excluding hydrogens is 372 g/mol. The second-order valence-electron chi connectivity index (χ2n) is 9.64. The lowest BCUT2D eigenvalue weighted by Crippen LogP contribution is -2.70. The average molecular weight is 417 g/mol. The second kappa shape index (κ2) is 10.3. The van der Waals surface area contributed by atoms with Gasteiger partial charge in [-0.1, -0.05) is 64.4 Å². The van der Waals surface area contributed by atoms with Crippen molar-refractivity contribution in [2.24, 2.45) is 5.92 Å². The standard InChI is InChI=1S/C26H44N2O2/c1-9-12-18-27(22(6)29)24-19-25(7,10-2)28(26(8,11-3)20(24)4)30-21(5)23-16-14-13-15-17-23/h13-17,20-21,24H,9-12,18-19H2,1-8H3. The minimum atomic E-state index is -0.156. The molecule has 4 nitrogen and oxygen atoms in total. The van der Waals surface area contributed by atoms with Crippen molar-refractivity contribution in [3.8, 4) is 0 Å².